The van der Waals surface area contributed by atoms with E-state index in [1.165, 1.54) is 28.6 Å². The molecule has 1 N–H and O–H groups in total. The first kappa shape index (κ1) is 21.4. The van der Waals surface area contributed by atoms with Gasteiger partial charge < -0.3 is 9.84 Å². The Morgan fingerprint density at radius 2 is 1.61 bits per heavy atom. The first-order valence-corrected chi connectivity index (χ1v) is 12.2. The van der Waals surface area contributed by atoms with Crippen LogP contribution in [0.3, 0.4) is 0 Å². The summed E-state index contributed by atoms with van der Waals surface area (Å²) in [5.41, 5.74) is 2.80. The highest BCUT2D eigenvalue weighted by Crippen LogP contribution is 2.39. The lowest BCUT2D eigenvalue weighted by atomic mass is 9.88. The van der Waals surface area contributed by atoms with Crippen molar-refractivity contribution in [3.63, 3.8) is 0 Å². The predicted octanol–water partition coefficient (Wildman–Crippen LogP) is 4.68. The summed E-state index contributed by atoms with van der Waals surface area (Å²) in [6, 6.07) is 21.6. The highest BCUT2D eigenvalue weighted by atomic mass is 32.2. The van der Waals surface area contributed by atoms with Gasteiger partial charge in [-0.25, -0.2) is 13.2 Å². The van der Waals surface area contributed by atoms with Crippen molar-refractivity contribution in [1.29, 1.82) is 0 Å². The minimum Gasteiger partial charge on any atom is -0.482 e. The molecule has 0 amide bonds. The number of benzene rings is 3. The van der Waals surface area contributed by atoms with Crippen LogP contribution >= 0.6 is 0 Å². The van der Waals surface area contributed by atoms with E-state index in [4.69, 9.17) is 9.84 Å². The Labute approximate surface area is 192 Å². The Hall–Kier alpha value is -3.42. The quantitative estimate of drug-likeness (QED) is 0.610. The van der Waals surface area contributed by atoms with E-state index >= 15 is 0 Å². The zero-order valence-corrected chi connectivity index (χ0v) is 18.7. The van der Waals surface area contributed by atoms with E-state index in [0.717, 1.165) is 22.4 Å². The van der Waals surface area contributed by atoms with Crippen molar-refractivity contribution in [2.24, 2.45) is 0 Å². The first-order valence-electron chi connectivity index (χ1n) is 10.8. The maximum Gasteiger partial charge on any atom is 0.335 e. The molecule has 3 aromatic rings. The molecule has 0 atom stereocenters. The van der Waals surface area contributed by atoms with E-state index in [1.807, 2.05) is 30.3 Å². The van der Waals surface area contributed by atoms with Crippen molar-refractivity contribution >= 4 is 22.1 Å². The third-order valence-electron chi connectivity index (χ3n) is 6.30. The molecule has 2 heterocycles. The Morgan fingerprint density at radius 1 is 0.909 bits per heavy atom. The maximum atomic E-state index is 13.0. The summed E-state index contributed by atoms with van der Waals surface area (Å²) in [5.74, 6) is -0.283. The summed E-state index contributed by atoms with van der Waals surface area (Å²) < 4.78 is 33.9. The Morgan fingerprint density at radius 3 is 2.27 bits per heavy atom. The summed E-state index contributed by atoms with van der Waals surface area (Å²) in [6.07, 6.45) is 5.20. The molecule has 2 aliphatic rings. The SMILES string of the molecule is O=C(O)c1ccc(S(=O)(=O)N2CCC3(C=Cc4cc(-c5ccccc5)ccc4O3)CC2)cc1. The van der Waals surface area contributed by atoms with Crippen LogP contribution in [0.1, 0.15) is 28.8 Å². The van der Waals surface area contributed by atoms with Crippen LogP contribution in [-0.2, 0) is 10.0 Å². The van der Waals surface area contributed by atoms with Gasteiger partial charge in [0.1, 0.15) is 11.4 Å². The topological polar surface area (TPSA) is 83.9 Å². The number of ether oxygens (including phenoxy) is 1. The van der Waals surface area contributed by atoms with Gasteiger partial charge in [-0.1, -0.05) is 42.5 Å². The number of nitrogens with zero attached hydrogens (tertiary/aromatic N) is 1. The zero-order chi connectivity index (χ0) is 23.1. The number of aromatic carboxylic acids is 1. The number of rotatable bonds is 4. The number of sulfonamides is 1. The molecule has 3 aromatic carbocycles. The van der Waals surface area contributed by atoms with Gasteiger partial charge in [-0.15, -0.1) is 0 Å². The number of hydrogen-bond acceptors (Lipinski definition) is 4. The van der Waals surface area contributed by atoms with E-state index in [2.05, 4.69) is 30.4 Å². The molecule has 0 saturated carbocycles. The zero-order valence-electron chi connectivity index (χ0n) is 17.8. The maximum absolute atomic E-state index is 13.0. The lowest BCUT2D eigenvalue weighted by Crippen LogP contribution is -2.49. The Kier molecular flexibility index (Phi) is 5.31. The van der Waals surface area contributed by atoms with Crippen LogP contribution in [0.15, 0.2) is 83.8 Å². The summed E-state index contributed by atoms with van der Waals surface area (Å²) in [7, 11) is -3.70. The van der Waals surface area contributed by atoms with Gasteiger partial charge in [-0.2, -0.15) is 4.31 Å². The molecular formula is C26H23NO5S. The summed E-state index contributed by atoms with van der Waals surface area (Å²) in [6.45, 7) is 0.648. The molecular weight excluding hydrogens is 438 g/mol. The highest BCUT2D eigenvalue weighted by molar-refractivity contribution is 7.89. The molecule has 0 aliphatic carbocycles. The number of carboxylic acid groups (broad SMARTS) is 1. The second kappa shape index (κ2) is 8.17. The second-order valence-electron chi connectivity index (χ2n) is 8.35. The highest BCUT2D eigenvalue weighted by Gasteiger charge is 2.40. The Balaban J connectivity index is 1.30. The van der Waals surface area contributed by atoms with Crippen molar-refractivity contribution in [2.45, 2.75) is 23.3 Å². The van der Waals surface area contributed by atoms with Crippen LogP contribution in [0.4, 0.5) is 0 Å². The van der Waals surface area contributed by atoms with E-state index in [0.29, 0.717) is 25.9 Å². The van der Waals surface area contributed by atoms with Crippen LogP contribution < -0.4 is 4.74 Å². The molecule has 6 nitrogen and oxygen atoms in total. The molecule has 0 bridgehead atoms. The summed E-state index contributed by atoms with van der Waals surface area (Å²) in [4.78, 5) is 11.1. The monoisotopic (exact) mass is 461 g/mol. The van der Waals surface area contributed by atoms with Crippen molar-refractivity contribution in [3.05, 3.63) is 90.0 Å². The summed E-state index contributed by atoms with van der Waals surface area (Å²) >= 11 is 0. The van der Waals surface area contributed by atoms with E-state index in [-0.39, 0.29) is 10.5 Å². The van der Waals surface area contributed by atoms with Crippen LogP contribution in [-0.4, -0.2) is 42.5 Å². The smallest absolute Gasteiger partial charge is 0.335 e. The van der Waals surface area contributed by atoms with Crippen LogP contribution in [0.25, 0.3) is 17.2 Å². The van der Waals surface area contributed by atoms with Gasteiger partial charge in [0.05, 0.1) is 10.5 Å². The fraction of sp³-hybridized carbons (Fsp3) is 0.192. The largest absolute Gasteiger partial charge is 0.482 e. The van der Waals surface area contributed by atoms with Crippen LogP contribution in [0.2, 0.25) is 0 Å². The molecule has 168 valence electrons. The molecule has 1 saturated heterocycles. The van der Waals surface area contributed by atoms with Gasteiger partial charge in [0.2, 0.25) is 10.0 Å². The molecule has 2 aliphatic heterocycles. The summed E-state index contributed by atoms with van der Waals surface area (Å²) in [5, 5.41) is 9.03. The lowest BCUT2D eigenvalue weighted by molar-refractivity contribution is 0.0619. The molecule has 0 aromatic heterocycles. The van der Waals surface area contributed by atoms with Crippen molar-refractivity contribution < 1.29 is 23.1 Å². The third kappa shape index (κ3) is 4.05. The molecule has 7 heteroatoms. The van der Waals surface area contributed by atoms with Crippen LogP contribution in [0.5, 0.6) is 5.75 Å². The van der Waals surface area contributed by atoms with Gasteiger partial charge in [-0.3, -0.25) is 0 Å². The molecule has 1 fully saturated rings. The number of hydrogen-bond donors (Lipinski definition) is 1. The van der Waals surface area contributed by atoms with Gasteiger partial charge in [0, 0.05) is 31.5 Å². The average molecular weight is 462 g/mol. The van der Waals surface area contributed by atoms with Crippen LogP contribution in [0, 0.1) is 0 Å². The van der Waals surface area contributed by atoms with Gasteiger partial charge in [0.25, 0.3) is 0 Å². The lowest BCUT2D eigenvalue weighted by Gasteiger charge is -2.41. The number of carboxylic acids is 1. The number of fused-ring (bicyclic) bond motifs is 1. The number of carbonyl (C=O) groups is 1. The molecule has 0 radical (unpaired) electrons. The average Bonchev–Trinajstić information content (AvgIpc) is 2.84. The van der Waals surface area contributed by atoms with Gasteiger partial charge >= 0.3 is 5.97 Å². The molecule has 5 rings (SSSR count). The molecule has 1 spiro atoms. The van der Waals surface area contributed by atoms with Crippen molar-refractivity contribution in [3.8, 4) is 16.9 Å². The fourth-order valence-electron chi connectivity index (χ4n) is 4.37. The van der Waals surface area contributed by atoms with E-state index < -0.39 is 21.6 Å². The minimum absolute atomic E-state index is 0.0568. The normalized spacial score (nSPS) is 17.3. The minimum atomic E-state index is -3.70. The van der Waals surface area contributed by atoms with Gasteiger partial charge in [0.15, 0.2) is 0 Å². The van der Waals surface area contributed by atoms with E-state index in [1.54, 1.807) is 0 Å². The van der Waals surface area contributed by atoms with Crippen molar-refractivity contribution in [1.82, 2.24) is 4.31 Å². The second-order valence-corrected chi connectivity index (χ2v) is 10.3. The predicted molar refractivity (Wildman–Crippen MR) is 126 cm³/mol. The molecule has 0 unspecified atom stereocenters. The fourth-order valence-corrected chi connectivity index (χ4v) is 5.81. The van der Waals surface area contributed by atoms with Gasteiger partial charge in [-0.05, 0) is 53.6 Å². The first-order chi connectivity index (χ1) is 15.9. The van der Waals surface area contributed by atoms with E-state index in [9.17, 15) is 13.2 Å². The third-order valence-corrected chi connectivity index (χ3v) is 8.22. The molecule has 33 heavy (non-hydrogen) atoms. The number of piperidine rings is 1. The van der Waals surface area contributed by atoms with Crippen molar-refractivity contribution in [2.75, 3.05) is 13.1 Å². The Bertz CT molecular complexity index is 1320. The standard InChI is InChI=1S/C26H23NO5S/c28-25(29)20-6-9-23(10-7-20)33(30,31)27-16-14-26(15-17-27)13-12-22-18-21(8-11-24(22)32-26)19-4-2-1-3-5-19/h1-13,18H,14-17H2,(H,28,29).